The zero-order valence-electron chi connectivity index (χ0n) is 14.6. The van der Waals surface area contributed by atoms with Gasteiger partial charge in [-0.15, -0.1) is 10.2 Å². The number of allylic oxidation sites excluding steroid dienone is 2. The van der Waals surface area contributed by atoms with E-state index in [9.17, 15) is 15.3 Å². The normalized spacial score (nSPS) is 22.7. The quantitative estimate of drug-likeness (QED) is 0.703. The van der Waals surface area contributed by atoms with Gasteiger partial charge in [0.2, 0.25) is 11.5 Å². The molecule has 0 amide bonds. The summed E-state index contributed by atoms with van der Waals surface area (Å²) in [6.07, 6.45) is 0. The molecule has 2 aromatic carbocycles. The SMILES string of the molecule is N#CC1=C(C#N)C2(N=NC(c3ccccc3)(c3ccccc3)O2)C(Cl)=C(Cl)C1=O. The second-order valence-corrected chi connectivity index (χ2v) is 7.01. The van der Waals surface area contributed by atoms with Crippen LogP contribution in [0.25, 0.3) is 0 Å². The van der Waals surface area contributed by atoms with Crippen molar-refractivity contribution in [2.75, 3.05) is 0 Å². The molecule has 0 aromatic heterocycles. The standard InChI is InChI=1S/C21H10Cl2N4O2/c22-17-18(28)15(11-24)16(12-25)21(19(17)23)27-26-20(29-21,13-7-3-1-4-8-13)14-9-5-2-6-10-14/h1-10H. The van der Waals surface area contributed by atoms with Gasteiger partial charge in [-0.3, -0.25) is 4.79 Å². The number of Topliss-reactive ketones (excluding diaryl/α,β-unsaturated/α-hetero) is 1. The lowest BCUT2D eigenvalue weighted by molar-refractivity contribution is -0.112. The van der Waals surface area contributed by atoms with Gasteiger partial charge >= 0.3 is 0 Å². The van der Waals surface area contributed by atoms with Crippen LogP contribution in [0.15, 0.2) is 92.1 Å². The largest absolute Gasteiger partial charge is 0.304 e. The topological polar surface area (TPSA) is 98.6 Å². The fraction of sp³-hybridized carbons (Fsp3) is 0.0952. The van der Waals surface area contributed by atoms with E-state index in [0.29, 0.717) is 11.1 Å². The average Bonchev–Trinajstić information content (AvgIpc) is 3.19. The number of carbonyl (C=O) groups is 1. The van der Waals surface area contributed by atoms with Crippen molar-refractivity contribution < 1.29 is 9.53 Å². The van der Waals surface area contributed by atoms with Gasteiger partial charge in [-0.05, 0) is 0 Å². The van der Waals surface area contributed by atoms with Crippen LogP contribution in [-0.2, 0) is 15.3 Å². The summed E-state index contributed by atoms with van der Waals surface area (Å²) in [6.45, 7) is 0. The van der Waals surface area contributed by atoms with Crippen LogP contribution in [-0.4, -0.2) is 11.5 Å². The van der Waals surface area contributed by atoms with Crippen molar-refractivity contribution in [3.05, 3.63) is 93.0 Å². The smallest absolute Gasteiger partial charge is 0.257 e. The number of hydrogen-bond donors (Lipinski definition) is 0. The van der Waals surface area contributed by atoms with Gasteiger partial charge in [0.1, 0.15) is 33.3 Å². The van der Waals surface area contributed by atoms with Crippen molar-refractivity contribution in [3.63, 3.8) is 0 Å². The van der Waals surface area contributed by atoms with Gasteiger partial charge in [0.25, 0.3) is 5.72 Å². The minimum absolute atomic E-state index is 0.308. The maximum absolute atomic E-state index is 12.3. The number of rotatable bonds is 2. The number of nitrogens with zero attached hydrogens (tertiary/aromatic N) is 4. The Balaban J connectivity index is 2.00. The molecule has 1 aliphatic carbocycles. The molecule has 0 saturated heterocycles. The molecule has 1 atom stereocenters. The summed E-state index contributed by atoms with van der Waals surface area (Å²) in [5, 5.41) is 27.0. The van der Waals surface area contributed by atoms with Gasteiger partial charge in [-0.2, -0.15) is 10.5 Å². The minimum atomic E-state index is -1.99. The van der Waals surface area contributed by atoms with Crippen molar-refractivity contribution in [2.24, 2.45) is 10.2 Å². The number of halogens is 2. The van der Waals surface area contributed by atoms with Crippen LogP contribution >= 0.6 is 23.2 Å². The van der Waals surface area contributed by atoms with Crippen molar-refractivity contribution in [1.29, 1.82) is 10.5 Å². The molecule has 0 saturated carbocycles. The first-order valence-corrected chi connectivity index (χ1v) is 9.16. The Hall–Kier alpha value is -3.29. The molecule has 29 heavy (non-hydrogen) atoms. The van der Waals surface area contributed by atoms with Crippen LogP contribution in [0.4, 0.5) is 0 Å². The van der Waals surface area contributed by atoms with Gasteiger partial charge in [0, 0.05) is 11.1 Å². The molecule has 1 spiro atoms. The van der Waals surface area contributed by atoms with E-state index in [4.69, 9.17) is 27.9 Å². The van der Waals surface area contributed by atoms with Gasteiger partial charge in [-0.25, -0.2) is 0 Å². The zero-order chi connectivity index (χ0) is 20.6. The highest BCUT2D eigenvalue weighted by Crippen LogP contribution is 2.54. The third-order valence-electron chi connectivity index (χ3n) is 4.69. The lowest BCUT2D eigenvalue weighted by Crippen LogP contribution is -2.41. The fourth-order valence-electron chi connectivity index (χ4n) is 3.30. The summed E-state index contributed by atoms with van der Waals surface area (Å²) in [4.78, 5) is 12.3. The maximum Gasteiger partial charge on any atom is 0.257 e. The van der Waals surface area contributed by atoms with Crippen molar-refractivity contribution >= 4 is 29.0 Å². The molecule has 0 radical (unpaired) electrons. The molecule has 2 aromatic rings. The molecule has 1 aliphatic heterocycles. The predicted octanol–water partition coefficient (Wildman–Crippen LogP) is 4.68. The molecule has 0 fully saturated rings. The first-order valence-electron chi connectivity index (χ1n) is 8.41. The molecular weight excluding hydrogens is 411 g/mol. The highest BCUT2D eigenvalue weighted by Gasteiger charge is 2.59. The van der Waals surface area contributed by atoms with Crippen molar-refractivity contribution in [3.8, 4) is 12.1 Å². The second-order valence-electron chi connectivity index (χ2n) is 6.25. The summed E-state index contributed by atoms with van der Waals surface area (Å²) >= 11 is 12.5. The Morgan fingerprint density at radius 3 is 1.83 bits per heavy atom. The Morgan fingerprint density at radius 2 is 1.34 bits per heavy atom. The molecule has 1 heterocycles. The molecule has 0 bridgehead atoms. The number of hydrogen-bond acceptors (Lipinski definition) is 6. The molecule has 140 valence electrons. The molecule has 4 rings (SSSR count). The van der Waals surface area contributed by atoms with E-state index in [1.807, 2.05) is 18.2 Å². The monoisotopic (exact) mass is 420 g/mol. The highest BCUT2D eigenvalue weighted by atomic mass is 35.5. The van der Waals surface area contributed by atoms with E-state index < -0.39 is 27.8 Å². The number of benzene rings is 2. The average molecular weight is 421 g/mol. The zero-order valence-corrected chi connectivity index (χ0v) is 16.1. The molecular formula is C21H10Cl2N4O2. The van der Waals surface area contributed by atoms with Crippen LogP contribution in [0.5, 0.6) is 0 Å². The number of ether oxygens (including phenoxy) is 1. The molecule has 8 heteroatoms. The van der Waals surface area contributed by atoms with Gasteiger partial charge < -0.3 is 4.74 Å². The Labute approximate surface area is 175 Å². The van der Waals surface area contributed by atoms with Crippen LogP contribution in [0.2, 0.25) is 0 Å². The third-order valence-corrected chi connectivity index (χ3v) is 5.59. The van der Waals surface area contributed by atoms with Gasteiger partial charge in [0.05, 0.1) is 0 Å². The first kappa shape index (κ1) is 19.0. The van der Waals surface area contributed by atoms with Crippen molar-refractivity contribution in [1.82, 2.24) is 0 Å². The van der Waals surface area contributed by atoms with E-state index in [1.54, 1.807) is 54.6 Å². The Kier molecular flexibility index (Phi) is 4.56. The third kappa shape index (κ3) is 2.62. The van der Waals surface area contributed by atoms with E-state index >= 15 is 0 Å². The second kappa shape index (κ2) is 6.95. The predicted molar refractivity (Wildman–Crippen MR) is 104 cm³/mol. The van der Waals surface area contributed by atoms with E-state index in [0.717, 1.165) is 0 Å². The Morgan fingerprint density at radius 1 is 0.828 bits per heavy atom. The van der Waals surface area contributed by atoms with E-state index in [1.165, 1.54) is 0 Å². The number of azo groups is 1. The van der Waals surface area contributed by atoms with Gasteiger partial charge in [0.15, 0.2) is 0 Å². The lowest BCUT2D eigenvalue weighted by Gasteiger charge is -2.33. The maximum atomic E-state index is 12.3. The molecule has 2 aliphatic rings. The molecule has 6 nitrogen and oxygen atoms in total. The molecule has 0 N–H and O–H groups in total. The van der Waals surface area contributed by atoms with Crippen molar-refractivity contribution in [2.45, 2.75) is 11.4 Å². The van der Waals surface area contributed by atoms with Crippen LogP contribution in [0, 0.1) is 22.7 Å². The van der Waals surface area contributed by atoms with Crippen LogP contribution in [0.1, 0.15) is 11.1 Å². The van der Waals surface area contributed by atoms with Crippen LogP contribution < -0.4 is 0 Å². The summed E-state index contributed by atoms with van der Waals surface area (Å²) in [5.41, 5.74) is -3.02. The number of carbonyl (C=O) groups excluding carboxylic acids is 1. The van der Waals surface area contributed by atoms with E-state index in [2.05, 4.69) is 10.2 Å². The van der Waals surface area contributed by atoms with Crippen LogP contribution in [0.3, 0.4) is 0 Å². The summed E-state index contributed by atoms with van der Waals surface area (Å²) in [5.74, 6) is -0.850. The van der Waals surface area contributed by atoms with E-state index in [-0.39, 0.29) is 10.6 Å². The number of ketones is 1. The summed E-state index contributed by atoms with van der Waals surface area (Å²) < 4.78 is 6.32. The minimum Gasteiger partial charge on any atom is -0.304 e. The van der Waals surface area contributed by atoms with Gasteiger partial charge in [-0.1, -0.05) is 83.9 Å². The molecule has 1 unspecified atom stereocenters. The lowest BCUT2D eigenvalue weighted by atomic mass is 9.89. The summed E-state index contributed by atoms with van der Waals surface area (Å²) in [7, 11) is 0. The summed E-state index contributed by atoms with van der Waals surface area (Å²) in [6, 6.07) is 21.6. The fourth-order valence-corrected chi connectivity index (χ4v) is 3.78. The highest BCUT2D eigenvalue weighted by molar-refractivity contribution is 6.52. The Bertz CT molecular complexity index is 1150. The first-order chi connectivity index (χ1) is 14.0. The number of nitriles is 2.